The summed E-state index contributed by atoms with van der Waals surface area (Å²) in [5, 5.41) is 0. The van der Waals surface area contributed by atoms with Gasteiger partial charge < -0.3 is 4.90 Å². The first-order chi connectivity index (χ1) is 13.2. The van der Waals surface area contributed by atoms with Crippen LogP contribution in [0.5, 0.6) is 0 Å². The number of piperidine rings is 1. The zero-order chi connectivity index (χ0) is 20.5. The molecule has 0 saturated carbocycles. The van der Waals surface area contributed by atoms with Gasteiger partial charge in [0.15, 0.2) is 0 Å². The van der Waals surface area contributed by atoms with Crippen LogP contribution in [0.1, 0.15) is 40.7 Å². The van der Waals surface area contributed by atoms with Crippen LogP contribution < -0.4 is 9.62 Å². The van der Waals surface area contributed by atoms with Crippen LogP contribution in [0, 0.1) is 40.5 Å². The first-order valence-electron chi connectivity index (χ1n) is 9.95. The van der Waals surface area contributed by atoms with Crippen LogP contribution in [-0.2, 0) is 10.0 Å². The molecule has 1 aliphatic rings. The molecule has 28 heavy (non-hydrogen) atoms. The average molecular weight is 402 g/mol. The van der Waals surface area contributed by atoms with Crippen LogP contribution in [0.15, 0.2) is 29.3 Å². The third-order valence-corrected chi connectivity index (χ3v) is 8.05. The lowest BCUT2D eigenvalue weighted by Gasteiger charge is -2.33. The second-order valence-electron chi connectivity index (χ2n) is 7.92. The van der Waals surface area contributed by atoms with Gasteiger partial charge in [-0.1, -0.05) is 6.07 Å². The predicted octanol–water partition coefficient (Wildman–Crippen LogP) is 3.82. The van der Waals surface area contributed by atoms with Crippen LogP contribution in [-0.4, -0.2) is 33.0 Å². The molecule has 1 aromatic heterocycles. The summed E-state index contributed by atoms with van der Waals surface area (Å²) >= 11 is 0. The summed E-state index contributed by atoms with van der Waals surface area (Å²) in [4.78, 5) is 7.14. The van der Waals surface area contributed by atoms with Crippen LogP contribution in [0.25, 0.3) is 0 Å². The van der Waals surface area contributed by atoms with Gasteiger partial charge in [-0.3, -0.25) is 0 Å². The third-order valence-electron chi connectivity index (χ3n) is 6.35. The van der Waals surface area contributed by atoms with E-state index in [1.54, 1.807) is 0 Å². The molecule has 1 fully saturated rings. The maximum Gasteiger partial charge on any atom is 0.241 e. The lowest BCUT2D eigenvalue weighted by Crippen LogP contribution is -2.39. The molecule has 1 N–H and O–H groups in total. The second kappa shape index (κ2) is 8.21. The summed E-state index contributed by atoms with van der Waals surface area (Å²) < 4.78 is 29.1. The smallest absolute Gasteiger partial charge is 0.241 e. The van der Waals surface area contributed by atoms with Gasteiger partial charge in [-0.2, -0.15) is 0 Å². The number of nitrogens with zero attached hydrogens (tertiary/aromatic N) is 2. The Kier molecular flexibility index (Phi) is 6.10. The summed E-state index contributed by atoms with van der Waals surface area (Å²) in [6.45, 7) is 12.2. The fourth-order valence-corrected chi connectivity index (χ4v) is 5.79. The normalized spacial score (nSPS) is 15.8. The first kappa shape index (κ1) is 20.8. The van der Waals surface area contributed by atoms with Gasteiger partial charge in [0, 0.05) is 25.8 Å². The fraction of sp³-hybridized carbons (Fsp3) is 0.500. The summed E-state index contributed by atoms with van der Waals surface area (Å²) in [6.07, 6.45) is 3.73. The van der Waals surface area contributed by atoms with Gasteiger partial charge in [0.25, 0.3) is 0 Å². The minimum atomic E-state index is -3.52. The molecule has 1 aliphatic heterocycles. The van der Waals surface area contributed by atoms with Crippen LogP contribution >= 0.6 is 0 Å². The Labute approximate surface area is 169 Å². The Bertz CT molecular complexity index is 918. The highest BCUT2D eigenvalue weighted by Crippen LogP contribution is 2.30. The molecule has 2 aromatic rings. The fourth-order valence-electron chi connectivity index (χ4n) is 4.08. The van der Waals surface area contributed by atoms with Crippen molar-refractivity contribution in [2.24, 2.45) is 5.92 Å². The maximum absolute atomic E-state index is 13.1. The molecule has 5 nitrogen and oxygen atoms in total. The monoisotopic (exact) mass is 401 g/mol. The zero-order valence-electron chi connectivity index (χ0n) is 17.5. The van der Waals surface area contributed by atoms with Gasteiger partial charge in [-0.05, 0) is 93.3 Å². The van der Waals surface area contributed by atoms with Crippen molar-refractivity contribution in [1.82, 2.24) is 9.71 Å². The summed E-state index contributed by atoms with van der Waals surface area (Å²) in [6, 6.07) is 5.94. The maximum atomic E-state index is 13.1. The van der Waals surface area contributed by atoms with E-state index in [9.17, 15) is 8.42 Å². The van der Waals surface area contributed by atoms with Crippen molar-refractivity contribution in [2.75, 3.05) is 24.5 Å². The number of aromatic nitrogens is 1. The Balaban J connectivity index is 1.67. The van der Waals surface area contributed by atoms with Crippen molar-refractivity contribution in [2.45, 2.75) is 52.4 Å². The van der Waals surface area contributed by atoms with Gasteiger partial charge in [-0.15, -0.1) is 0 Å². The largest absolute Gasteiger partial charge is 0.357 e. The highest BCUT2D eigenvalue weighted by molar-refractivity contribution is 7.89. The van der Waals surface area contributed by atoms with Crippen molar-refractivity contribution in [3.8, 4) is 0 Å². The SMILES string of the molecule is Cc1c(C)c(C)c(S(=O)(=O)NCC2CCN(c3ccccn3)CC2)c(C)c1C. The van der Waals surface area contributed by atoms with Gasteiger partial charge in [-0.25, -0.2) is 18.1 Å². The third kappa shape index (κ3) is 4.08. The number of rotatable bonds is 5. The number of anilines is 1. The molecular formula is C22H31N3O2S. The topological polar surface area (TPSA) is 62.3 Å². The molecule has 1 saturated heterocycles. The molecule has 2 heterocycles. The predicted molar refractivity (Wildman–Crippen MR) is 114 cm³/mol. The van der Waals surface area contributed by atoms with Crippen LogP contribution in [0.4, 0.5) is 5.82 Å². The van der Waals surface area contributed by atoms with E-state index in [4.69, 9.17) is 0 Å². The second-order valence-corrected chi connectivity index (χ2v) is 9.63. The standard InChI is InChI=1S/C22H31N3O2S/c1-15-16(2)18(4)22(19(5)17(15)3)28(26,27)24-14-20-9-12-25(13-10-20)21-8-6-7-11-23-21/h6-8,11,20,24H,9-10,12-14H2,1-5H3. The van der Waals surface area contributed by atoms with Crippen molar-refractivity contribution >= 4 is 15.8 Å². The van der Waals surface area contributed by atoms with Gasteiger partial charge in [0.05, 0.1) is 4.90 Å². The van der Waals surface area contributed by atoms with E-state index >= 15 is 0 Å². The molecule has 3 rings (SSSR count). The molecule has 0 amide bonds. The molecule has 0 bridgehead atoms. The summed E-state index contributed by atoms with van der Waals surface area (Å²) in [5.74, 6) is 1.35. The summed E-state index contributed by atoms with van der Waals surface area (Å²) in [7, 11) is -3.52. The molecule has 0 aliphatic carbocycles. The number of hydrogen-bond acceptors (Lipinski definition) is 4. The van der Waals surface area contributed by atoms with E-state index in [0.29, 0.717) is 17.4 Å². The number of benzene rings is 1. The molecule has 0 radical (unpaired) electrons. The molecule has 0 unspecified atom stereocenters. The number of nitrogens with one attached hydrogen (secondary N) is 1. The van der Waals surface area contributed by atoms with Crippen molar-refractivity contribution in [3.05, 3.63) is 52.2 Å². The van der Waals surface area contributed by atoms with Crippen molar-refractivity contribution in [3.63, 3.8) is 0 Å². The number of sulfonamides is 1. The van der Waals surface area contributed by atoms with E-state index in [0.717, 1.165) is 54.0 Å². The van der Waals surface area contributed by atoms with E-state index in [1.807, 2.05) is 52.1 Å². The molecule has 152 valence electrons. The van der Waals surface area contributed by atoms with E-state index < -0.39 is 10.0 Å². The summed E-state index contributed by atoms with van der Waals surface area (Å²) in [5.41, 5.74) is 5.02. The lowest BCUT2D eigenvalue weighted by atomic mass is 9.95. The van der Waals surface area contributed by atoms with Crippen LogP contribution in [0.3, 0.4) is 0 Å². The Morgan fingerprint density at radius 1 is 0.964 bits per heavy atom. The van der Waals surface area contributed by atoms with Crippen molar-refractivity contribution < 1.29 is 8.42 Å². The minimum absolute atomic E-state index is 0.350. The first-order valence-corrected chi connectivity index (χ1v) is 11.4. The molecule has 1 aromatic carbocycles. The van der Waals surface area contributed by atoms with Gasteiger partial charge in [0.2, 0.25) is 10.0 Å². The Morgan fingerprint density at radius 3 is 2.07 bits per heavy atom. The zero-order valence-corrected chi connectivity index (χ0v) is 18.4. The molecule has 6 heteroatoms. The van der Waals surface area contributed by atoms with Crippen LogP contribution in [0.2, 0.25) is 0 Å². The Morgan fingerprint density at radius 2 is 1.54 bits per heavy atom. The minimum Gasteiger partial charge on any atom is -0.357 e. The van der Waals surface area contributed by atoms with Gasteiger partial charge in [0.1, 0.15) is 5.82 Å². The lowest BCUT2D eigenvalue weighted by molar-refractivity contribution is 0.400. The van der Waals surface area contributed by atoms with E-state index in [-0.39, 0.29) is 0 Å². The van der Waals surface area contributed by atoms with E-state index in [2.05, 4.69) is 21.5 Å². The molecule has 0 spiro atoms. The quantitative estimate of drug-likeness (QED) is 0.827. The highest BCUT2D eigenvalue weighted by atomic mass is 32.2. The van der Waals surface area contributed by atoms with E-state index in [1.165, 1.54) is 5.56 Å². The van der Waals surface area contributed by atoms with Gasteiger partial charge >= 0.3 is 0 Å². The highest BCUT2D eigenvalue weighted by Gasteiger charge is 2.26. The molecule has 0 atom stereocenters. The Hall–Kier alpha value is -1.92. The number of hydrogen-bond donors (Lipinski definition) is 1. The van der Waals surface area contributed by atoms with Crippen molar-refractivity contribution in [1.29, 1.82) is 0 Å². The number of pyridine rings is 1. The average Bonchev–Trinajstić information content (AvgIpc) is 2.70. The molecular weight excluding hydrogens is 370 g/mol.